The minimum absolute atomic E-state index is 0.200. The minimum atomic E-state index is 0.200. The summed E-state index contributed by atoms with van der Waals surface area (Å²) in [4.78, 5) is 0. The topological polar surface area (TPSA) is 80.1 Å². The van der Waals surface area contributed by atoms with Crippen molar-refractivity contribution in [1.29, 1.82) is 5.26 Å². The van der Waals surface area contributed by atoms with Gasteiger partial charge in [-0.2, -0.15) is 10.4 Å². The van der Waals surface area contributed by atoms with E-state index in [1.165, 1.54) is 0 Å². The van der Waals surface area contributed by atoms with Gasteiger partial charge in [0.2, 0.25) is 0 Å². The molecule has 1 aliphatic heterocycles. The molecule has 3 rings (SSSR count). The maximum atomic E-state index is 9.35. The molecule has 6 nitrogen and oxygen atoms in total. The van der Waals surface area contributed by atoms with Crippen molar-refractivity contribution in [3.63, 3.8) is 0 Å². The SMILES string of the molecule is Cc1nnc(NCc2cccc(OC[C@H]3CCCO3)c2)c(C#N)c1C. The maximum Gasteiger partial charge on any atom is 0.167 e. The molecule has 0 bridgehead atoms. The summed E-state index contributed by atoms with van der Waals surface area (Å²) in [6.07, 6.45) is 2.37. The Kier molecular flexibility index (Phi) is 5.46. The van der Waals surface area contributed by atoms with Crippen LogP contribution in [0, 0.1) is 25.2 Å². The summed E-state index contributed by atoms with van der Waals surface area (Å²) in [5, 5.41) is 20.7. The normalized spacial score (nSPS) is 16.4. The van der Waals surface area contributed by atoms with E-state index in [4.69, 9.17) is 9.47 Å². The van der Waals surface area contributed by atoms with Crippen molar-refractivity contribution in [3.8, 4) is 11.8 Å². The van der Waals surface area contributed by atoms with Gasteiger partial charge < -0.3 is 14.8 Å². The molecule has 1 aromatic carbocycles. The number of aryl methyl sites for hydroxylation is 1. The molecule has 25 heavy (non-hydrogen) atoms. The van der Waals surface area contributed by atoms with Gasteiger partial charge in [-0.25, -0.2) is 0 Å². The number of ether oxygens (including phenoxy) is 2. The second-order valence-electron chi connectivity index (χ2n) is 6.19. The van der Waals surface area contributed by atoms with Crippen LogP contribution in [0.5, 0.6) is 5.75 Å². The van der Waals surface area contributed by atoms with Crippen molar-refractivity contribution < 1.29 is 9.47 Å². The highest BCUT2D eigenvalue weighted by molar-refractivity contribution is 5.56. The van der Waals surface area contributed by atoms with E-state index < -0.39 is 0 Å². The van der Waals surface area contributed by atoms with Gasteiger partial charge in [-0.15, -0.1) is 5.10 Å². The Morgan fingerprint density at radius 3 is 3.00 bits per heavy atom. The van der Waals surface area contributed by atoms with Crippen LogP contribution in [0.1, 0.15) is 35.2 Å². The molecule has 0 saturated carbocycles. The lowest BCUT2D eigenvalue weighted by molar-refractivity contribution is 0.0679. The minimum Gasteiger partial charge on any atom is -0.491 e. The van der Waals surface area contributed by atoms with Crippen LogP contribution in [0.25, 0.3) is 0 Å². The van der Waals surface area contributed by atoms with Gasteiger partial charge in [0, 0.05) is 13.2 Å². The van der Waals surface area contributed by atoms with Crippen LogP contribution in [0.4, 0.5) is 5.82 Å². The number of hydrogen-bond donors (Lipinski definition) is 1. The first-order valence-corrected chi connectivity index (χ1v) is 8.48. The molecule has 0 radical (unpaired) electrons. The molecule has 6 heteroatoms. The molecule has 0 amide bonds. The average Bonchev–Trinajstić information content (AvgIpc) is 3.15. The number of anilines is 1. The van der Waals surface area contributed by atoms with E-state index in [1.54, 1.807) is 0 Å². The van der Waals surface area contributed by atoms with Crippen LogP contribution in [-0.2, 0) is 11.3 Å². The van der Waals surface area contributed by atoms with Crippen molar-refractivity contribution in [2.24, 2.45) is 0 Å². The molecule has 130 valence electrons. The molecular weight excluding hydrogens is 316 g/mol. The fraction of sp³-hybridized carbons (Fsp3) is 0.421. The quantitative estimate of drug-likeness (QED) is 0.871. The van der Waals surface area contributed by atoms with Crippen LogP contribution in [0.15, 0.2) is 24.3 Å². The standard InChI is InChI=1S/C19H22N4O2/c1-13-14(2)22-23-19(18(13)10-20)21-11-15-5-3-6-16(9-15)25-12-17-7-4-8-24-17/h3,5-6,9,17H,4,7-8,11-12H2,1-2H3,(H,21,23)/t17-/m1/s1. The number of nitrogens with zero attached hydrogens (tertiary/aromatic N) is 3. The molecule has 1 fully saturated rings. The zero-order valence-corrected chi connectivity index (χ0v) is 14.6. The summed E-state index contributed by atoms with van der Waals surface area (Å²) < 4.78 is 11.4. The van der Waals surface area contributed by atoms with Crippen molar-refractivity contribution in [2.45, 2.75) is 39.3 Å². The summed E-state index contributed by atoms with van der Waals surface area (Å²) in [6.45, 7) is 5.69. The van der Waals surface area contributed by atoms with Gasteiger partial charge >= 0.3 is 0 Å². The third-order valence-corrected chi connectivity index (χ3v) is 4.38. The first kappa shape index (κ1) is 17.2. The molecule has 0 spiro atoms. The highest BCUT2D eigenvalue weighted by Crippen LogP contribution is 2.20. The van der Waals surface area contributed by atoms with E-state index in [0.29, 0.717) is 24.5 Å². The van der Waals surface area contributed by atoms with Gasteiger partial charge in [0.1, 0.15) is 24.0 Å². The van der Waals surface area contributed by atoms with Gasteiger partial charge in [0.05, 0.1) is 11.8 Å². The number of rotatable bonds is 6. The van der Waals surface area contributed by atoms with Gasteiger partial charge in [0.15, 0.2) is 5.82 Å². The van der Waals surface area contributed by atoms with Crippen molar-refractivity contribution in [2.75, 3.05) is 18.5 Å². The van der Waals surface area contributed by atoms with Gasteiger partial charge in [-0.3, -0.25) is 0 Å². The van der Waals surface area contributed by atoms with Crippen LogP contribution in [0.3, 0.4) is 0 Å². The summed E-state index contributed by atoms with van der Waals surface area (Å²) in [5.41, 5.74) is 3.22. The van der Waals surface area contributed by atoms with E-state index in [9.17, 15) is 5.26 Å². The lowest BCUT2D eigenvalue weighted by atomic mass is 10.1. The monoisotopic (exact) mass is 338 g/mol. The van der Waals surface area contributed by atoms with Gasteiger partial charge in [-0.1, -0.05) is 12.1 Å². The smallest absolute Gasteiger partial charge is 0.167 e. The molecule has 1 N–H and O–H groups in total. The largest absolute Gasteiger partial charge is 0.491 e. The average molecular weight is 338 g/mol. The zero-order chi connectivity index (χ0) is 17.6. The molecule has 1 atom stereocenters. The Balaban J connectivity index is 1.63. The van der Waals surface area contributed by atoms with Crippen molar-refractivity contribution in [1.82, 2.24) is 10.2 Å². The highest BCUT2D eigenvalue weighted by Gasteiger charge is 2.16. The lowest BCUT2D eigenvalue weighted by Crippen LogP contribution is -2.16. The van der Waals surface area contributed by atoms with E-state index in [0.717, 1.165) is 42.0 Å². The Bertz CT molecular complexity index is 779. The molecule has 0 aliphatic carbocycles. The number of benzene rings is 1. The Labute approximate surface area is 147 Å². The number of aromatic nitrogens is 2. The second kappa shape index (κ2) is 7.95. The molecule has 1 aliphatic rings. The first-order valence-electron chi connectivity index (χ1n) is 8.48. The van der Waals surface area contributed by atoms with Crippen LogP contribution in [0.2, 0.25) is 0 Å². The van der Waals surface area contributed by atoms with Gasteiger partial charge in [-0.05, 0) is 49.9 Å². The van der Waals surface area contributed by atoms with Gasteiger partial charge in [0.25, 0.3) is 0 Å². The van der Waals surface area contributed by atoms with Crippen molar-refractivity contribution in [3.05, 3.63) is 46.6 Å². The predicted octanol–water partition coefficient (Wildman–Crippen LogP) is 3.14. The van der Waals surface area contributed by atoms with Crippen LogP contribution < -0.4 is 10.1 Å². The highest BCUT2D eigenvalue weighted by atomic mass is 16.5. The van der Waals surface area contributed by atoms with E-state index >= 15 is 0 Å². The number of nitrogens with one attached hydrogen (secondary N) is 1. The van der Waals surface area contributed by atoms with E-state index in [1.807, 2.05) is 38.1 Å². The summed E-state index contributed by atoms with van der Waals surface area (Å²) in [7, 11) is 0. The lowest BCUT2D eigenvalue weighted by Gasteiger charge is -2.13. The molecule has 0 unspecified atom stereocenters. The summed E-state index contributed by atoms with van der Waals surface area (Å²) in [6, 6.07) is 10.1. The maximum absolute atomic E-state index is 9.35. The van der Waals surface area contributed by atoms with Crippen LogP contribution in [-0.4, -0.2) is 29.5 Å². The third-order valence-electron chi connectivity index (χ3n) is 4.38. The Morgan fingerprint density at radius 1 is 1.36 bits per heavy atom. The summed E-state index contributed by atoms with van der Waals surface area (Å²) in [5.74, 6) is 1.33. The number of hydrogen-bond acceptors (Lipinski definition) is 6. The predicted molar refractivity (Wildman–Crippen MR) is 94.5 cm³/mol. The number of nitriles is 1. The molecule has 1 aromatic heterocycles. The fourth-order valence-electron chi connectivity index (χ4n) is 2.77. The summed E-state index contributed by atoms with van der Waals surface area (Å²) >= 11 is 0. The Morgan fingerprint density at radius 2 is 2.24 bits per heavy atom. The second-order valence-corrected chi connectivity index (χ2v) is 6.19. The molecule has 2 heterocycles. The zero-order valence-electron chi connectivity index (χ0n) is 14.6. The third kappa shape index (κ3) is 4.25. The van der Waals surface area contributed by atoms with E-state index in [2.05, 4.69) is 21.6 Å². The Hall–Kier alpha value is -2.65. The van der Waals surface area contributed by atoms with Crippen molar-refractivity contribution >= 4 is 5.82 Å². The van der Waals surface area contributed by atoms with E-state index in [-0.39, 0.29) is 6.10 Å². The molecule has 1 saturated heterocycles. The molecular formula is C19H22N4O2. The molecule has 2 aromatic rings. The van der Waals surface area contributed by atoms with Crippen LogP contribution >= 0.6 is 0 Å². The first-order chi connectivity index (χ1) is 12.2. The fourth-order valence-corrected chi connectivity index (χ4v) is 2.77.